The number of carbonyl (C=O) groups is 3. The second kappa shape index (κ2) is 19.9. The number of unbranched alkanes of at least 4 members (excludes halogenated alkanes) is 4. The number of carbonyl (C=O) groups excluding carboxylic acids is 3. The highest BCUT2D eigenvalue weighted by Gasteiger charge is 2.56. The maximum absolute atomic E-state index is 14.6. The third-order valence-corrected chi connectivity index (χ3v) is 14.7. The first-order chi connectivity index (χ1) is 29.8. The van der Waals surface area contributed by atoms with Crippen LogP contribution in [-0.4, -0.2) is 89.8 Å². The molecular formula is C52H72N2O8. The van der Waals surface area contributed by atoms with Crippen molar-refractivity contribution < 1.29 is 38.4 Å². The van der Waals surface area contributed by atoms with Crippen molar-refractivity contribution in [3.63, 3.8) is 0 Å². The average molecular weight is 853 g/mol. The highest BCUT2D eigenvalue weighted by atomic mass is 16.8. The van der Waals surface area contributed by atoms with Crippen LogP contribution in [0.1, 0.15) is 146 Å². The molecule has 3 aliphatic carbocycles. The van der Waals surface area contributed by atoms with Gasteiger partial charge in [-0.25, -0.2) is 4.79 Å². The normalized spacial score (nSPS) is 29.3. The van der Waals surface area contributed by atoms with Crippen LogP contribution in [0.4, 0.5) is 0 Å². The molecule has 0 bridgehead atoms. The lowest BCUT2D eigenvalue weighted by molar-refractivity contribution is -0.190. The highest BCUT2D eigenvalue weighted by molar-refractivity contribution is 5.97. The minimum atomic E-state index is -0.856. The van der Waals surface area contributed by atoms with Gasteiger partial charge in [0.05, 0.1) is 23.9 Å². The third-order valence-electron chi connectivity index (χ3n) is 14.7. The van der Waals surface area contributed by atoms with E-state index in [-0.39, 0.29) is 43.4 Å². The molecule has 4 fully saturated rings. The number of rotatable bonds is 18. The summed E-state index contributed by atoms with van der Waals surface area (Å²) in [6.07, 6.45) is 15.8. The maximum atomic E-state index is 14.6. The molecule has 0 spiro atoms. The van der Waals surface area contributed by atoms with Crippen LogP contribution in [0.2, 0.25) is 0 Å². The summed E-state index contributed by atoms with van der Waals surface area (Å²) in [6.45, 7) is 11.3. The van der Waals surface area contributed by atoms with Crippen LogP contribution < -0.4 is 5.32 Å². The van der Waals surface area contributed by atoms with Gasteiger partial charge in [-0.3, -0.25) is 9.59 Å². The number of hydrogen-bond acceptors (Lipinski definition) is 8. The van der Waals surface area contributed by atoms with E-state index in [9.17, 15) is 19.5 Å². The lowest BCUT2D eigenvalue weighted by atomic mass is 9.52. The molecule has 10 heteroatoms. The summed E-state index contributed by atoms with van der Waals surface area (Å²) >= 11 is 0. The molecule has 0 radical (unpaired) electrons. The number of nitrogens with one attached hydrogen (secondary N) is 1. The van der Waals surface area contributed by atoms with Crippen molar-refractivity contribution >= 4 is 23.9 Å². The number of allylic oxidation sites excluding steroid dienone is 1. The number of esters is 1. The van der Waals surface area contributed by atoms with E-state index >= 15 is 0 Å². The van der Waals surface area contributed by atoms with Crippen molar-refractivity contribution in [2.45, 2.75) is 173 Å². The van der Waals surface area contributed by atoms with Crippen molar-refractivity contribution in [1.82, 2.24) is 10.2 Å². The van der Waals surface area contributed by atoms with Gasteiger partial charge in [-0.05, 0) is 98.5 Å². The first-order valence-electron chi connectivity index (χ1n) is 23.7. The van der Waals surface area contributed by atoms with Crippen LogP contribution in [0.25, 0.3) is 6.08 Å². The maximum Gasteiger partial charge on any atom is 0.338 e. The molecule has 2 amide bonds. The summed E-state index contributed by atoms with van der Waals surface area (Å²) in [7, 11) is 1.63. The predicted octanol–water partition coefficient (Wildman–Crippen LogP) is 9.14. The van der Waals surface area contributed by atoms with Crippen LogP contribution >= 0.6 is 0 Å². The largest absolute Gasteiger partial charge is 0.456 e. The van der Waals surface area contributed by atoms with Crippen molar-refractivity contribution in [1.29, 1.82) is 0 Å². The van der Waals surface area contributed by atoms with E-state index in [4.69, 9.17) is 18.9 Å². The molecule has 2 heterocycles. The van der Waals surface area contributed by atoms with Gasteiger partial charge in [0.2, 0.25) is 11.8 Å². The zero-order chi connectivity index (χ0) is 44.1. The fourth-order valence-corrected chi connectivity index (χ4v) is 10.9. The average Bonchev–Trinajstić information content (AvgIpc) is 3.74. The van der Waals surface area contributed by atoms with E-state index in [0.717, 1.165) is 68.9 Å². The van der Waals surface area contributed by atoms with Crippen molar-refractivity contribution in [3.05, 3.63) is 88.5 Å². The van der Waals surface area contributed by atoms with E-state index in [1.54, 1.807) is 13.1 Å². The van der Waals surface area contributed by atoms with Crippen LogP contribution in [0.5, 0.6) is 0 Å². The number of ether oxygens (including phenoxy) is 4. The lowest BCUT2D eigenvalue weighted by Gasteiger charge is -2.53. The van der Waals surface area contributed by atoms with Gasteiger partial charge in [0.25, 0.3) is 0 Å². The molecule has 2 N–H and O–H groups in total. The Labute approximate surface area is 370 Å². The van der Waals surface area contributed by atoms with Crippen LogP contribution in [0.15, 0.2) is 71.8 Å². The van der Waals surface area contributed by atoms with Gasteiger partial charge >= 0.3 is 5.97 Å². The van der Waals surface area contributed by atoms with Gasteiger partial charge in [0.15, 0.2) is 5.79 Å². The summed E-state index contributed by atoms with van der Waals surface area (Å²) in [5.74, 6) is -0.894. The molecular weight excluding hydrogens is 781 g/mol. The fraction of sp³-hybridized carbons (Fsp3) is 0.635. The minimum absolute atomic E-state index is 0.0140. The second-order valence-corrected chi connectivity index (χ2v) is 19.7. The SMILES string of the molecule is CCCCCC1(CCCCC)O[C@@H]2[C@@H](C=C(C(=O)N(C)[C@H](Cc3ccccc3)C(=O)NCCO)C[C@H]2OC(=O)c2cccc(C=C3CCC4O[C@]4(C)CC[C@@H]4[C@@H]3CC4(C)C)c2)O1. The standard InChI is InChI=1S/C52H72N2O8/c1-7-9-14-24-52(25-15-10-8-2)60-44-33-39(48(57)54(6)42(47(56)53-27-28-55)31-35-17-12-11-13-18-35)32-43(46(44)62-52)59-49(58)38-20-16-19-36(30-38)29-37-21-22-45-51(5,61-45)26-23-41-40(37)34-50(41,3)4/h11-13,16-20,29-30,33,40-46,55H,7-10,14-15,21-28,31-32,34H2,1-6H3,(H,53,56)/t40-,41-,42-,43-,44-,45?,46+,51-/m1/s1. The molecule has 2 saturated heterocycles. The second-order valence-electron chi connectivity index (χ2n) is 19.7. The molecule has 2 aliphatic heterocycles. The molecule has 62 heavy (non-hydrogen) atoms. The summed E-state index contributed by atoms with van der Waals surface area (Å²) in [5.41, 5.74) is 4.49. The Morgan fingerprint density at radius 3 is 2.39 bits per heavy atom. The Kier molecular flexibility index (Phi) is 14.8. The van der Waals surface area contributed by atoms with E-state index in [0.29, 0.717) is 47.3 Å². The van der Waals surface area contributed by atoms with Gasteiger partial charge in [0.1, 0.15) is 24.4 Å². The number of fused-ring (bicyclic) bond motifs is 3. The number of benzene rings is 2. The fourth-order valence-electron chi connectivity index (χ4n) is 10.9. The number of aliphatic hydroxyl groups is 1. The van der Waals surface area contributed by atoms with Crippen molar-refractivity contribution in [2.75, 3.05) is 20.2 Å². The Bertz CT molecular complexity index is 1930. The van der Waals surface area contributed by atoms with E-state index in [1.807, 2.05) is 48.5 Å². The van der Waals surface area contributed by atoms with E-state index in [2.05, 4.69) is 52.1 Å². The number of hydrogen-bond donors (Lipinski definition) is 2. The first kappa shape index (κ1) is 46.2. The quantitative estimate of drug-likeness (QED) is 0.0865. The summed E-state index contributed by atoms with van der Waals surface area (Å²) < 4.78 is 26.5. The molecule has 8 atom stereocenters. The topological polar surface area (TPSA) is 127 Å². The van der Waals surface area contributed by atoms with Crippen LogP contribution in [0, 0.1) is 17.3 Å². The summed E-state index contributed by atoms with van der Waals surface area (Å²) in [5, 5.41) is 12.3. The van der Waals surface area contributed by atoms with E-state index < -0.39 is 36.1 Å². The van der Waals surface area contributed by atoms with Crippen LogP contribution in [-0.2, 0) is 35.0 Å². The monoisotopic (exact) mass is 853 g/mol. The Hall–Kier alpha value is -3.83. The molecule has 2 aromatic carbocycles. The van der Waals surface area contributed by atoms with Crippen molar-refractivity contribution in [2.24, 2.45) is 17.3 Å². The molecule has 2 saturated carbocycles. The number of epoxide rings is 1. The van der Waals surface area contributed by atoms with Crippen LogP contribution in [0.3, 0.4) is 0 Å². The van der Waals surface area contributed by atoms with Crippen molar-refractivity contribution in [3.8, 4) is 0 Å². The number of likely N-dealkylation sites (N-methyl/N-ethyl adjacent to an activating group) is 1. The van der Waals surface area contributed by atoms with Gasteiger partial charge in [0, 0.05) is 44.8 Å². The van der Waals surface area contributed by atoms with Gasteiger partial charge in [-0.1, -0.05) is 107 Å². The summed E-state index contributed by atoms with van der Waals surface area (Å²) in [6, 6.07) is 16.4. The number of nitrogens with zero attached hydrogens (tertiary/aromatic N) is 1. The predicted molar refractivity (Wildman–Crippen MR) is 241 cm³/mol. The zero-order valence-electron chi connectivity index (χ0n) is 38.2. The molecule has 0 aromatic heterocycles. The first-order valence-corrected chi connectivity index (χ1v) is 23.7. The van der Waals surface area contributed by atoms with Gasteiger partial charge < -0.3 is 34.3 Å². The smallest absolute Gasteiger partial charge is 0.338 e. The van der Waals surface area contributed by atoms with Gasteiger partial charge in [-0.2, -0.15) is 0 Å². The molecule has 10 nitrogen and oxygen atoms in total. The zero-order valence-corrected chi connectivity index (χ0v) is 38.2. The highest BCUT2D eigenvalue weighted by Crippen LogP contribution is 2.60. The Morgan fingerprint density at radius 1 is 0.952 bits per heavy atom. The molecule has 7 rings (SSSR count). The van der Waals surface area contributed by atoms with Gasteiger partial charge in [-0.15, -0.1) is 0 Å². The molecule has 5 aliphatic rings. The van der Waals surface area contributed by atoms with E-state index in [1.165, 1.54) is 23.3 Å². The minimum Gasteiger partial charge on any atom is -0.456 e. The third kappa shape index (κ3) is 10.6. The Morgan fingerprint density at radius 2 is 1.69 bits per heavy atom. The number of amides is 2. The lowest BCUT2D eigenvalue weighted by Crippen LogP contribution is -2.51. The molecule has 338 valence electrons. The summed E-state index contributed by atoms with van der Waals surface area (Å²) in [4.78, 5) is 44.0. The molecule has 1 unspecified atom stereocenters. The molecule has 2 aromatic rings. The number of aliphatic hydroxyl groups excluding tert-OH is 1. The Balaban J connectivity index is 1.15.